The van der Waals surface area contributed by atoms with E-state index in [1.165, 1.54) is 7.11 Å². The highest BCUT2D eigenvalue weighted by Crippen LogP contribution is 2.61. The molecular weight excluding hydrogens is 335 g/mol. The van der Waals surface area contributed by atoms with Gasteiger partial charge in [-0.2, -0.15) is 0 Å². The number of carbonyl (C=O) groups is 1. The molecule has 1 aromatic carbocycles. The molecule has 19 heavy (non-hydrogen) atoms. The number of halogens is 1. The Hall–Kier alpha value is -0.680. The molecule has 4 atom stereocenters. The van der Waals surface area contributed by atoms with E-state index in [1.54, 1.807) is 30.3 Å². The van der Waals surface area contributed by atoms with Crippen LogP contribution in [0, 0.1) is 0 Å². The van der Waals surface area contributed by atoms with Crippen molar-refractivity contribution in [2.75, 3.05) is 13.3 Å². The van der Waals surface area contributed by atoms with Crippen LogP contribution in [0.4, 0.5) is 0 Å². The Morgan fingerprint density at radius 2 is 2.05 bits per heavy atom. The zero-order chi connectivity index (χ0) is 14.0. The molecule has 1 heterocycles. The smallest absolute Gasteiger partial charge is 0.338 e. The van der Waals surface area contributed by atoms with Gasteiger partial charge in [0.1, 0.15) is 16.8 Å². The first-order valence-corrected chi connectivity index (χ1v) is 8.50. The number of carbonyl (C=O) groups excluding carboxylic acids is 1. The quantitative estimate of drug-likeness (QED) is 0.515. The molecule has 0 unspecified atom stereocenters. The predicted octanol–water partition coefficient (Wildman–Crippen LogP) is 2.23. The average Bonchev–Trinajstić information content (AvgIpc) is 2.65. The summed E-state index contributed by atoms with van der Waals surface area (Å²) in [5, 5.41) is 9.94. The van der Waals surface area contributed by atoms with Crippen molar-refractivity contribution in [1.82, 2.24) is 0 Å². The summed E-state index contributed by atoms with van der Waals surface area (Å²) in [6, 6.07) is 8.45. The fourth-order valence-electron chi connectivity index (χ4n) is 1.93. The van der Waals surface area contributed by atoms with Crippen molar-refractivity contribution in [3.8, 4) is 0 Å². The second-order valence-electron chi connectivity index (χ2n) is 4.26. The van der Waals surface area contributed by atoms with Gasteiger partial charge in [-0.25, -0.2) is 4.79 Å². The SMILES string of the molecule is CO[P@@]1(=O)C[C@H](OC(=O)c2ccccc2)[C@@H](O)[C@@H]1Br. The van der Waals surface area contributed by atoms with Gasteiger partial charge >= 0.3 is 5.97 Å². The molecule has 1 N–H and O–H groups in total. The van der Waals surface area contributed by atoms with Gasteiger partial charge in [0.25, 0.3) is 0 Å². The molecule has 1 fully saturated rings. The van der Waals surface area contributed by atoms with Crippen molar-refractivity contribution in [2.24, 2.45) is 0 Å². The van der Waals surface area contributed by atoms with Crippen molar-refractivity contribution >= 4 is 29.3 Å². The Labute approximate surface area is 119 Å². The van der Waals surface area contributed by atoms with Gasteiger partial charge in [-0.05, 0) is 12.1 Å². The van der Waals surface area contributed by atoms with Gasteiger partial charge in [0, 0.05) is 7.11 Å². The Morgan fingerprint density at radius 1 is 1.42 bits per heavy atom. The highest BCUT2D eigenvalue weighted by atomic mass is 79.9. The van der Waals surface area contributed by atoms with Crippen molar-refractivity contribution in [2.45, 2.75) is 16.8 Å². The van der Waals surface area contributed by atoms with Gasteiger partial charge in [-0.15, -0.1) is 0 Å². The zero-order valence-corrected chi connectivity index (χ0v) is 12.7. The molecule has 0 radical (unpaired) electrons. The van der Waals surface area contributed by atoms with Gasteiger partial charge in [-0.3, -0.25) is 4.57 Å². The molecule has 0 spiro atoms. The fraction of sp³-hybridized carbons (Fsp3) is 0.417. The van der Waals surface area contributed by atoms with Gasteiger partial charge in [0.2, 0.25) is 7.37 Å². The molecule has 7 heteroatoms. The minimum absolute atomic E-state index is 0.0131. The van der Waals surface area contributed by atoms with Crippen LogP contribution < -0.4 is 0 Å². The topological polar surface area (TPSA) is 72.8 Å². The lowest BCUT2D eigenvalue weighted by Crippen LogP contribution is -2.31. The van der Waals surface area contributed by atoms with Crippen molar-refractivity contribution in [3.05, 3.63) is 35.9 Å². The Bertz CT molecular complexity index is 506. The maximum Gasteiger partial charge on any atom is 0.338 e. The van der Waals surface area contributed by atoms with Gasteiger partial charge in [0.05, 0.1) is 11.7 Å². The second-order valence-corrected chi connectivity index (χ2v) is 8.70. The summed E-state index contributed by atoms with van der Waals surface area (Å²) in [6.07, 6.45) is -1.86. The molecule has 0 bridgehead atoms. The molecular formula is C12H14BrO5P. The van der Waals surface area contributed by atoms with E-state index in [-0.39, 0.29) is 6.16 Å². The maximum atomic E-state index is 12.2. The van der Waals surface area contributed by atoms with Crippen LogP contribution in [0.3, 0.4) is 0 Å². The van der Waals surface area contributed by atoms with E-state index in [0.29, 0.717) is 5.56 Å². The van der Waals surface area contributed by atoms with Crippen LogP contribution in [0.15, 0.2) is 30.3 Å². The minimum Gasteiger partial charge on any atom is -0.455 e. The minimum atomic E-state index is -3.01. The largest absolute Gasteiger partial charge is 0.455 e. The molecule has 1 aliphatic heterocycles. The van der Waals surface area contributed by atoms with Crippen molar-refractivity contribution in [1.29, 1.82) is 0 Å². The van der Waals surface area contributed by atoms with Gasteiger partial charge < -0.3 is 14.4 Å². The number of alkyl halides is 1. The third-order valence-electron chi connectivity index (χ3n) is 3.05. The summed E-state index contributed by atoms with van der Waals surface area (Å²) in [6.45, 7) is 0. The normalized spacial score (nSPS) is 34.2. The van der Waals surface area contributed by atoms with Crippen LogP contribution in [-0.2, 0) is 13.8 Å². The molecule has 5 nitrogen and oxygen atoms in total. The van der Waals surface area contributed by atoms with Crippen LogP contribution >= 0.6 is 23.3 Å². The van der Waals surface area contributed by atoms with E-state index in [9.17, 15) is 14.5 Å². The third kappa shape index (κ3) is 2.92. The van der Waals surface area contributed by atoms with Crippen molar-refractivity contribution < 1.29 is 23.7 Å². The monoisotopic (exact) mass is 348 g/mol. The molecule has 0 amide bonds. The Kier molecular flexibility index (Phi) is 4.46. The number of ether oxygens (including phenoxy) is 1. The molecule has 1 aliphatic rings. The fourth-order valence-corrected chi connectivity index (χ4v) is 5.28. The first-order valence-electron chi connectivity index (χ1n) is 5.70. The number of hydrogen-bond donors (Lipinski definition) is 1. The molecule has 1 saturated heterocycles. The molecule has 104 valence electrons. The molecule has 2 rings (SSSR count). The summed E-state index contributed by atoms with van der Waals surface area (Å²) in [5.74, 6) is -0.547. The van der Waals surface area contributed by atoms with E-state index >= 15 is 0 Å². The van der Waals surface area contributed by atoms with E-state index < -0.39 is 30.1 Å². The average molecular weight is 349 g/mol. The predicted molar refractivity (Wildman–Crippen MR) is 73.8 cm³/mol. The molecule has 0 saturated carbocycles. The number of rotatable bonds is 3. The number of benzene rings is 1. The van der Waals surface area contributed by atoms with E-state index in [4.69, 9.17) is 9.26 Å². The van der Waals surface area contributed by atoms with Crippen LogP contribution in [0.25, 0.3) is 0 Å². The Balaban J connectivity index is 2.09. The van der Waals surface area contributed by atoms with Crippen LogP contribution in [0.2, 0.25) is 0 Å². The van der Waals surface area contributed by atoms with Gasteiger partial charge in [0.15, 0.2) is 0 Å². The summed E-state index contributed by atoms with van der Waals surface area (Å²) in [7, 11) is -1.69. The van der Waals surface area contributed by atoms with Crippen molar-refractivity contribution in [3.63, 3.8) is 0 Å². The maximum absolute atomic E-state index is 12.2. The van der Waals surface area contributed by atoms with Gasteiger partial charge in [-0.1, -0.05) is 34.1 Å². The number of aliphatic hydroxyl groups excluding tert-OH is 1. The number of esters is 1. The first kappa shape index (κ1) is 14.7. The second kappa shape index (κ2) is 5.75. The highest BCUT2D eigenvalue weighted by molar-refractivity contribution is 9.10. The molecule has 0 aromatic heterocycles. The number of hydrogen-bond acceptors (Lipinski definition) is 5. The standard InChI is InChI=1S/C12H14BrO5P/c1-17-19(16)7-9(10(14)11(19)13)18-12(15)8-5-3-2-4-6-8/h2-6,9-11,14H,7H2,1H3/t9-,10+,11+,19-/m0/s1. The van der Waals surface area contributed by atoms with E-state index in [1.807, 2.05) is 0 Å². The Morgan fingerprint density at radius 3 is 2.58 bits per heavy atom. The first-order chi connectivity index (χ1) is 8.98. The molecule has 1 aromatic rings. The lowest BCUT2D eigenvalue weighted by atomic mass is 10.2. The van der Waals surface area contributed by atoms with E-state index in [0.717, 1.165) is 0 Å². The van der Waals surface area contributed by atoms with E-state index in [2.05, 4.69) is 15.9 Å². The zero-order valence-electron chi connectivity index (χ0n) is 10.2. The lowest BCUT2D eigenvalue weighted by molar-refractivity contribution is 0.000655. The van der Waals surface area contributed by atoms with Crippen LogP contribution in [-0.4, -0.2) is 41.1 Å². The third-order valence-corrected chi connectivity index (χ3v) is 8.01. The summed E-state index contributed by atoms with van der Waals surface area (Å²) < 4.78 is 21.7. The number of aliphatic hydroxyl groups is 1. The van der Waals surface area contributed by atoms with Crippen LogP contribution in [0.1, 0.15) is 10.4 Å². The molecule has 0 aliphatic carbocycles. The lowest BCUT2D eigenvalue weighted by Gasteiger charge is -2.15. The summed E-state index contributed by atoms with van der Waals surface area (Å²) >= 11 is 3.14. The summed E-state index contributed by atoms with van der Waals surface area (Å²) in [4.78, 5) is 11.9. The summed E-state index contributed by atoms with van der Waals surface area (Å²) in [5.41, 5.74) is 0.389. The van der Waals surface area contributed by atoms with Crippen LogP contribution in [0.5, 0.6) is 0 Å². The highest BCUT2D eigenvalue weighted by Gasteiger charge is 2.51.